The second-order valence-electron chi connectivity index (χ2n) is 4.50. The molecule has 0 fully saturated rings. The zero-order chi connectivity index (χ0) is 13.7. The van der Waals surface area contributed by atoms with Gasteiger partial charge in [0.2, 0.25) is 0 Å². The molecule has 0 amide bonds. The van der Waals surface area contributed by atoms with Gasteiger partial charge in [-0.1, -0.05) is 13.0 Å². The molecule has 4 nitrogen and oxygen atoms in total. The first-order valence-corrected chi connectivity index (χ1v) is 7.45. The Labute approximate surface area is 118 Å². The van der Waals surface area contributed by atoms with Crippen molar-refractivity contribution in [2.24, 2.45) is 0 Å². The van der Waals surface area contributed by atoms with Gasteiger partial charge < -0.3 is 10.6 Å². The van der Waals surface area contributed by atoms with Crippen LogP contribution >= 0.6 is 11.3 Å². The topological polar surface area (TPSA) is 49.8 Å². The summed E-state index contributed by atoms with van der Waals surface area (Å²) in [6.45, 7) is 7.26. The average Bonchev–Trinajstić information content (AvgIpc) is 2.94. The van der Waals surface area contributed by atoms with Crippen molar-refractivity contribution in [2.75, 3.05) is 17.2 Å². The summed E-state index contributed by atoms with van der Waals surface area (Å²) in [5, 5.41) is 8.86. The van der Waals surface area contributed by atoms with E-state index < -0.39 is 0 Å². The molecule has 2 aromatic heterocycles. The molecule has 0 radical (unpaired) electrons. The Balaban J connectivity index is 2.12. The molecular weight excluding hydrogens is 256 g/mol. The number of nitrogens with zero attached hydrogens (tertiary/aromatic N) is 2. The first-order chi connectivity index (χ1) is 9.22. The van der Waals surface area contributed by atoms with Crippen LogP contribution in [-0.2, 0) is 0 Å². The number of rotatable bonds is 6. The number of thiophene rings is 1. The van der Waals surface area contributed by atoms with Gasteiger partial charge in [-0.3, -0.25) is 0 Å². The van der Waals surface area contributed by atoms with Crippen molar-refractivity contribution in [3.63, 3.8) is 0 Å². The first kappa shape index (κ1) is 13.8. The molecule has 2 N–H and O–H groups in total. The molecule has 1 unspecified atom stereocenters. The molecule has 19 heavy (non-hydrogen) atoms. The Morgan fingerprint density at radius 1 is 1.32 bits per heavy atom. The summed E-state index contributed by atoms with van der Waals surface area (Å²) in [5.41, 5.74) is 1.07. The third-order valence-electron chi connectivity index (χ3n) is 2.95. The van der Waals surface area contributed by atoms with E-state index in [0.29, 0.717) is 0 Å². The number of nitrogens with one attached hydrogen (secondary N) is 2. The maximum absolute atomic E-state index is 4.34. The normalized spacial score (nSPS) is 12.2. The Bertz CT molecular complexity index is 510. The highest BCUT2D eigenvalue weighted by Crippen LogP contribution is 2.25. The van der Waals surface area contributed by atoms with Gasteiger partial charge in [-0.2, -0.15) is 0 Å². The lowest BCUT2D eigenvalue weighted by molar-refractivity contribution is 0.886. The highest BCUT2D eigenvalue weighted by Gasteiger charge is 2.11. The van der Waals surface area contributed by atoms with Crippen molar-refractivity contribution in [1.29, 1.82) is 0 Å². The lowest BCUT2D eigenvalue weighted by Crippen LogP contribution is -2.11. The van der Waals surface area contributed by atoms with Crippen molar-refractivity contribution in [3.8, 4) is 0 Å². The van der Waals surface area contributed by atoms with E-state index in [0.717, 1.165) is 30.2 Å². The summed E-state index contributed by atoms with van der Waals surface area (Å²) in [6.07, 6.45) is 2.69. The predicted molar refractivity (Wildman–Crippen MR) is 81.9 cm³/mol. The highest BCUT2D eigenvalue weighted by molar-refractivity contribution is 7.10. The molecule has 0 saturated carbocycles. The molecule has 2 aromatic rings. The van der Waals surface area contributed by atoms with Gasteiger partial charge in [0.05, 0.1) is 6.04 Å². The minimum absolute atomic E-state index is 0.257. The van der Waals surface area contributed by atoms with Crippen molar-refractivity contribution in [2.45, 2.75) is 33.2 Å². The Kier molecular flexibility index (Phi) is 4.74. The smallest absolute Gasteiger partial charge is 0.134 e. The summed E-state index contributed by atoms with van der Waals surface area (Å²) in [7, 11) is 0. The van der Waals surface area contributed by atoms with Crippen LogP contribution in [0.1, 0.15) is 36.8 Å². The summed E-state index contributed by atoms with van der Waals surface area (Å²) in [6, 6.07) is 4.46. The van der Waals surface area contributed by atoms with E-state index in [4.69, 9.17) is 0 Å². The van der Waals surface area contributed by atoms with E-state index in [1.54, 1.807) is 17.7 Å². The Morgan fingerprint density at radius 3 is 2.79 bits per heavy atom. The van der Waals surface area contributed by atoms with E-state index in [1.165, 1.54) is 4.88 Å². The van der Waals surface area contributed by atoms with E-state index in [2.05, 4.69) is 52.0 Å². The van der Waals surface area contributed by atoms with Crippen LogP contribution in [0.2, 0.25) is 0 Å². The monoisotopic (exact) mass is 276 g/mol. The largest absolute Gasteiger partial charge is 0.370 e. The third-order valence-corrected chi connectivity index (χ3v) is 4.00. The number of anilines is 2. The molecule has 0 saturated heterocycles. The van der Waals surface area contributed by atoms with Crippen LogP contribution in [0.25, 0.3) is 0 Å². The maximum Gasteiger partial charge on any atom is 0.134 e. The van der Waals surface area contributed by atoms with Gasteiger partial charge in [0.1, 0.15) is 18.0 Å². The van der Waals surface area contributed by atoms with Gasteiger partial charge in [0, 0.05) is 17.0 Å². The number of hydrogen-bond acceptors (Lipinski definition) is 5. The van der Waals surface area contributed by atoms with Crippen LogP contribution in [0.15, 0.2) is 23.8 Å². The zero-order valence-electron chi connectivity index (χ0n) is 11.6. The van der Waals surface area contributed by atoms with Crippen LogP contribution in [-0.4, -0.2) is 16.5 Å². The highest BCUT2D eigenvalue weighted by atomic mass is 32.1. The third kappa shape index (κ3) is 3.44. The average molecular weight is 276 g/mol. The van der Waals surface area contributed by atoms with Crippen molar-refractivity contribution in [3.05, 3.63) is 34.3 Å². The Morgan fingerprint density at radius 2 is 2.11 bits per heavy atom. The van der Waals surface area contributed by atoms with Crippen molar-refractivity contribution in [1.82, 2.24) is 9.97 Å². The summed E-state index contributed by atoms with van der Waals surface area (Å²) in [5.74, 6) is 1.81. The second-order valence-corrected chi connectivity index (χ2v) is 5.48. The molecule has 1 atom stereocenters. The van der Waals surface area contributed by atoms with Gasteiger partial charge >= 0.3 is 0 Å². The SMILES string of the molecule is CCCNc1ncnc(NC(C)c2cccs2)c1C. The van der Waals surface area contributed by atoms with E-state index in [1.807, 2.05) is 6.92 Å². The second kappa shape index (κ2) is 6.52. The molecule has 0 aliphatic carbocycles. The first-order valence-electron chi connectivity index (χ1n) is 6.57. The molecule has 2 heterocycles. The summed E-state index contributed by atoms with van der Waals surface area (Å²) >= 11 is 1.75. The molecular formula is C14H20N4S. The quantitative estimate of drug-likeness (QED) is 0.841. The fraction of sp³-hybridized carbons (Fsp3) is 0.429. The zero-order valence-corrected chi connectivity index (χ0v) is 12.4. The molecule has 0 spiro atoms. The standard InChI is InChI=1S/C14H20N4S/c1-4-7-15-13-10(2)14(17-9-16-13)18-11(3)12-6-5-8-19-12/h5-6,8-9,11H,4,7H2,1-3H3,(H2,15,16,17,18). The Hall–Kier alpha value is -1.62. The van der Waals surface area contributed by atoms with E-state index in [-0.39, 0.29) is 6.04 Å². The van der Waals surface area contributed by atoms with Crippen molar-refractivity contribution >= 4 is 23.0 Å². The van der Waals surface area contributed by atoms with Crippen LogP contribution in [0, 0.1) is 6.92 Å². The van der Waals surface area contributed by atoms with Crippen LogP contribution in [0.5, 0.6) is 0 Å². The minimum Gasteiger partial charge on any atom is -0.370 e. The lowest BCUT2D eigenvalue weighted by atomic mass is 10.2. The molecule has 0 bridgehead atoms. The van der Waals surface area contributed by atoms with Gasteiger partial charge in [-0.05, 0) is 31.7 Å². The molecule has 0 aliphatic rings. The lowest BCUT2D eigenvalue weighted by Gasteiger charge is -2.16. The fourth-order valence-electron chi connectivity index (χ4n) is 1.83. The molecule has 102 valence electrons. The van der Waals surface area contributed by atoms with Crippen molar-refractivity contribution < 1.29 is 0 Å². The molecule has 0 aliphatic heterocycles. The molecule has 5 heteroatoms. The fourth-order valence-corrected chi connectivity index (χ4v) is 2.57. The van der Waals surface area contributed by atoms with E-state index in [9.17, 15) is 0 Å². The van der Waals surface area contributed by atoms with Crippen LogP contribution in [0.4, 0.5) is 11.6 Å². The molecule has 0 aromatic carbocycles. The van der Waals surface area contributed by atoms with Gasteiger partial charge in [-0.15, -0.1) is 11.3 Å². The predicted octanol–water partition coefficient (Wildman–Crippen LogP) is 3.84. The van der Waals surface area contributed by atoms with Crippen LogP contribution in [0.3, 0.4) is 0 Å². The number of hydrogen-bond donors (Lipinski definition) is 2. The number of aromatic nitrogens is 2. The van der Waals surface area contributed by atoms with Gasteiger partial charge in [0.15, 0.2) is 0 Å². The minimum atomic E-state index is 0.257. The van der Waals surface area contributed by atoms with Crippen LogP contribution < -0.4 is 10.6 Å². The van der Waals surface area contributed by atoms with Gasteiger partial charge in [0.25, 0.3) is 0 Å². The summed E-state index contributed by atoms with van der Waals surface area (Å²) in [4.78, 5) is 9.93. The summed E-state index contributed by atoms with van der Waals surface area (Å²) < 4.78 is 0. The maximum atomic E-state index is 4.34. The van der Waals surface area contributed by atoms with Gasteiger partial charge in [-0.25, -0.2) is 9.97 Å². The molecule has 2 rings (SSSR count). The van der Waals surface area contributed by atoms with E-state index >= 15 is 0 Å².